The Morgan fingerprint density at radius 3 is 2.40 bits per heavy atom. The van der Waals surface area contributed by atoms with Gasteiger partial charge in [-0.25, -0.2) is 8.42 Å². The molecule has 2 rings (SSSR count). The van der Waals surface area contributed by atoms with Gasteiger partial charge in [-0.2, -0.15) is 5.26 Å². The highest BCUT2D eigenvalue weighted by Gasteiger charge is 2.44. The average molecular weight is 361 g/mol. The van der Waals surface area contributed by atoms with Crippen molar-refractivity contribution in [1.82, 2.24) is 0 Å². The highest BCUT2D eigenvalue weighted by atomic mass is 32.2. The quantitative estimate of drug-likeness (QED) is 0.455. The van der Waals surface area contributed by atoms with Crippen LogP contribution in [-0.2, 0) is 10.0 Å². The molecule has 25 heavy (non-hydrogen) atoms. The molecule has 1 aliphatic carbocycles. The molecule has 0 N–H and O–H groups in total. The highest BCUT2D eigenvalue weighted by Crippen LogP contribution is 2.34. The lowest BCUT2D eigenvalue weighted by molar-refractivity contribution is -0.426. The minimum absolute atomic E-state index is 0.432. The molecule has 0 saturated heterocycles. The van der Waals surface area contributed by atoms with Crippen LogP contribution in [0.5, 0.6) is 0 Å². The van der Waals surface area contributed by atoms with E-state index in [0.717, 1.165) is 6.08 Å². The van der Waals surface area contributed by atoms with Gasteiger partial charge in [0.1, 0.15) is 0 Å². The Bertz CT molecular complexity index is 869. The van der Waals surface area contributed by atoms with E-state index in [0.29, 0.717) is 5.69 Å². The van der Waals surface area contributed by atoms with Crippen molar-refractivity contribution in [2.24, 2.45) is 5.41 Å². The van der Waals surface area contributed by atoms with Crippen molar-refractivity contribution in [3.05, 3.63) is 64.4 Å². The first-order chi connectivity index (χ1) is 11.6. The summed E-state index contributed by atoms with van der Waals surface area (Å²) >= 11 is 0. The summed E-state index contributed by atoms with van der Waals surface area (Å²) in [4.78, 5) is 10.7. The second-order valence-electron chi connectivity index (χ2n) is 6.27. The first kappa shape index (κ1) is 18.7. The molecular weight excluding hydrogens is 342 g/mol. The summed E-state index contributed by atoms with van der Waals surface area (Å²) < 4.78 is 27.6. The number of para-hydroxylation sites is 1. The lowest BCUT2D eigenvalue weighted by Gasteiger charge is -2.32. The van der Waals surface area contributed by atoms with E-state index in [1.807, 2.05) is 6.07 Å². The molecule has 8 heteroatoms. The van der Waals surface area contributed by atoms with Gasteiger partial charge in [0.25, 0.3) is 15.7 Å². The number of benzene rings is 1. The fourth-order valence-corrected chi connectivity index (χ4v) is 4.72. The molecule has 0 spiro atoms. The van der Waals surface area contributed by atoms with Crippen molar-refractivity contribution in [3.8, 4) is 6.07 Å². The van der Waals surface area contributed by atoms with E-state index in [2.05, 4.69) is 0 Å². The smallest absolute Gasteiger partial charge is 0.267 e. The van der Waals surface area contributed by atoms with E-state index in [1.54, 1.807) is 44.2 Å². The van der Waals surface area contributed by atoms with E-state index in [4.69, 9.17) is 0 Å². The molecule has 0 aromatic heterocycles. The molecule has 0 amide bonds. The molecular formula is C17H19N3O4S. The van der Waals surface area contributed by atoms with Crippen molar-refractivity contribution >= 4 is 15.7 Å². The van der Waals surface area contributed by atoms with Crippen LogP contribution in [0.3, 0.4) is 0 Å². The van der Waals surface area contributed by atoms with Crippen LogP contribution in [0.4, 0.5) is 5.69 Å². The van der Waals surface area contributed by atoms with Crippen LogP contribution in [0, 0.1) is 26.9 Å². The van der Waals surface area contributed by atoms with Gasteiger partial charge in [0.2, 0.25) is 0 Å². The molecule has 0 aliphatic heterocycles. The number of hydrogen-bond acceptors (Lipinski definition) is 5. The molecule has 132 valence electrons. The second-order valence-corrected chi connectivity index (χ2v) is 8.20. The van der Waals surface area contributed by atoms with Gasteiger partial charge in [0, 0.05) is 12.1 Å². The fraction of sp³-hybridized carbons (Fsp3) is 0.353. The number of hydrogen-bond donors (Lipinski definition) is 0. The first-order valence-corrected chi connectivity index (χ1v) is 9.19. The predicted molar refractivity (Wildman–Crippen MR) is 94.7 cm³/mol. The van der Waals surface area contributed by atoms with Crippen LogP contribution in [0.25, 0.3) is 0 Å². The van der Waals surface area contributed by atoms with E-state index < -0.39 is 37.4 Å². The molecule has 1 aromatic carbocycles. The molecule has 0 bridgehead atoms. The molecule has 0 radical (unpaired) electrons. The van der Waals surface area contributed by atoms with Gasteiger partial charge in [-0.05, 0) is 32.9 Å². The van der Waals surface area contributed by atoms with Crippen molar-refractivity contribution in [3.63, 3.8) is 0 Å². The number of rotatable bonds is 5. The number of anilines is 1. The van der Waals surface area contributed by atoms with Crippen molar-refractivity contribution < 1.29 is 13.3 Å². The van der Waals surface area contributed by atoms with E-state index >= 15 is 0 Å². The lowest BCUT2D eigenvalue weighted by atomic mass is 9.87. The Kier molecular flexibility index (Phi) is 4.99. The van der Waals surface area contributed by atoms with Crippen LogP contribution in [0.15, 0.2) is 54.3 Å². The number of nitriles is 1. The van der Waals surface area contributed by atoms with Gasteiger partial charge in [-0.1, -0.05) is 30.4 Å². The SMILES string of the molecule is CC(C)N(c1ccccc1)S(=O)(=O)C1C=CC(C)(C#N)C=C1[N+](=O)[O-]. The maximum absolute atomic E-state index is 13.2. The largest absolute Gasteiger partial charge is 0.268 e. The van der Waals surface area contributed by atoms with Crippen molar-refractivity contribution in [2.45, 2.75) is 32.1 Å². The number of nitro groups is 1. The van der Waals surface area contributed by atoms with E-state index in [9.17, 15) is 23.8 Å². The van der Waals surface area contributed by atoms with Crippen LogP contribution in [0.2, 0.25) is 0 Å². The Balaban J connectivity index is 2.58. The van der Waals surface area contributed by atoms with Gasteiger partial charge in [-0.15, -0.1) is 0 Å². The Hall–Kier alpha value is -2.66. The summed E-state index contributed by atoms with van der Waals surface area (Å²) in [5, 5.41) is 19.2. The molecule has 2 unspecified atom stereocenters. The predicted octanol–water partition coefficient (Wildman–Crippen LogP) is 2.86. The third-order valence-corrected chi connectivity index (χ3v) is 6.10. The molecule has 0 saturated carbocycles. The van der Waals surface area contributed by atoms with E-state index in [-0.39, 0.29) is 0 Å². The van der Waals surface area contributed by atoms with Gasteiger partial charge in [-0.3, -0.25) is 14.4 Å². The van der Waals surface area contributed by atoms with E-state index in [1.165, 1.54) is 23.4 Å². The normalized spacial score (nSPS) is 23.0. The van der Waals surface area contributed by atoms with Gasteiger partial charge < -0.3 is 0 Å². The van der Waals surface area contributed by atoms with Crippen LogP contribution >= 0.6 is 0 Å². The zero-order chi connectivity index (χ0) is 18.8. The van der Waals surface area contributed by atoms with Crippen LogP contribution in [0.1, 0.15) is 20.8 Å². The standard InChI is InChI=1S/C17H19N3O4S/c1-13(2)19(14-7-5-4-6-8-14)25(23,24)16-9-10-17(3,12-18)11-15(16)20(21)22/h4-11,13,16H,1-3H3. The van der Waals surface area contributed by atoms with Gasteiger partial charge in [0.05, 0.1) is 22.1 Å². The Labute approximate surface area is 147 Å². The number of nitrogens with zero attached hydrogens (tertiary/aromatic N) is 3. The zero-order valence-electron chi connectivity index (χ0n) is 14.2. The summed E-state index contributed by atoms with van der Waals surface area (Å²) in [6, 6.07) is 9.95. The van der Waals surface area contributed by atoms with Crippen molar-refractivity contribution in [2.75, 3.05) is 4.31 Å². The second kappa shape index (κ2) is 6.69. The molecule has 1 aliphatic rings. The minimum atomic E-state index is -4.10. The van der Waals surface area contributed by atoms with Gasteiger partial charge >= 0.3 is 0 Å². The summed E-state index contributed by atoms with van der Waals surface area (Å²) in [5.41, 5.74) is -1.28. The Morgan fingerprint density at radius 1 is 1.32 bits per heavy atom. The topological polar surface area (TPSA) is 104 Å². The summed E-state index contributed by atoms with van der Waals surface area (Å²) in [7, 11) is -4.10. The average Bonchev–Trinajstić information content (AvgIpc) is 2.55. The lowest BCUT2D eigenvalue weighted by Crippen LogP contribution is -2.45. The third kappa shape index (κ3) is 3.56. The molecule has 7 nitrogen and oxygen atoms in total. The van der Waals surface area contributed by atoms with Gasteiger partial charge in [0.15, 0.2) is 5.25 Å². The first-order valence-electron chi connectivity index (χ1n) is 7.68. The Morgan fingerprint density at radius 2 is 1.92 bits per heavy atom. The number of allylic oxidation sites excluding steroid dienone is 2. The summed E-state index contributed by atoms with van der Waals surface area (Å²) in [6.07, 6.45) is 3.74. The third-order valence-electron chi connectivity index (χ3n) is 3.88. The minimum Gasteiger partial charge on any atom is -0.267 e. The van der Waals surface area contributed by atoms with Crippen LogP contribution < -0.4 is 4.31 Å². The summed E-state index contributed by atoms with van der Waals surface area (Å²) in [6.45, 7) is 4.89. The summed E-state index contributed by atoms with van der Waals surface area (Å²) in [5.74, 6) is 0. The van der Waals surface area contributed by atoms with Crippen molar-refractivity contribution in [1.29, 1.82) is 5.26 Å². The maximum atomic E-state index is 13.2. The number of sulfonamides is 1. The molecule has 1 aromatic rings. The molecule has 2 atom stereocenters. The fourth-order valence-electron chi connectivity index (χ4n) is 2.74. The van der Waals surface area contributed by atoms with Crippen LogP contribution in [-0.4, -0.2) is 24.6 Å². The highest BCUT2D eigenvalue weighted by molar-refractivity contribution is 7.93. The maximum Gasteiger partial charge on any atom is 0.268 e. The monoisotopic (exact) mass is 361 g/mol. The molecule has 0 fully saturated rings. The molecule has 0 heterocycles. The zero-order valence-corrected chi connectivity index (χ0v) is 15.0.